The third kappa shape index (κ3) is 6.71. The number of rotatable bonds is 9. The Bertz CT molecular complexity index is 1340. The predicted molar refractivity (Wildman–Crippen MR) is 147 cm³/mol. The maximum Gasteiger partial charge on any atom is 0.248 e. The Hall–Kier alpha value is -4.62. The topological polar surface area (TPSA) is 92.5 Å². The quantitative estimate of drug-likeness (QED) is 0.258. The minimum atomic E-state index is -0.180. The number of ether oxygens (including phenoxy) is 1. The van der Waals surface area contributed by atoms with E-state index in [1.165, 1.54) is 6.08 Å². The highest BCUT2D eigenvalue weighted by atomic mass is 16.5. The number of nitrogens with zero attached hydrogens (tertiary/aromatic N) is 2. The van der Waals surface area contributed by atoms with Gasteiger partial charge < -0.3 is 26.0 Å². The molecule has 36 heavy (non-hydrogen) atoms. The lowest BCUT2D eigenvalue weighted by atomic mass is 10.0. The van der Waals surface area contributed by atoms with E-state index in [0.717, 1.165) is 34.0 Å². The Balaban J connectivity index is 1.51. The smallest absolute Gasteiger partial charge is 0.248 e. The first-order valence-electron chi connectivity index (χ1n) is 11.5. The number of likely N-dealkylation sites (N-methyl/N-ethyl adjacent to an activating group) is 1. The first-order valence-corrected chi connectivity index (χ1v) is 11.5. The largest absolute Gasteiger partial charge is 0.457 e. The van der Waals surface area contributed by atoms with Gasteiger partial charge in [-0.1, -0.05) is 42.5 Å². The molecule has 0 aliphatic heterocycles. The lowest BCUT2D eigenvalue weighted by Crippen LogP contribution is -2.13. The molecule has 4 rings (SSSR count). The van der Waals surface area contributed by atoms with Gasteiger partial charge in [0.05, 0.1) is 5.69 Å². The number of para-hydroxylation sites is 1. The minimum absolute atomic E-state index is 0.180. The molecule has 1 amide bonds. The third-order valence-corrected chi connectivity index (χ3v) is 5.25. The first kappa shape index (κ1) is 24.5. The number of carbonyl (C=O) groups excluding carboxylic acids is 1. The maximum absolute atomic E-state index is 12.2. The van der Waals surface area contributed by atoms with Crippen molar-refractivity contribution >= 4 is 28.8 Å². The summed E-state index contributed by atoms with van der Waals surface area (Å²) in [5.41, 5.74) is 10.3. The summed E-state index contributed by atoms with van der Waals surface area (Å²) in [6, 6.07) is 26.7. The van der Waals surface area contributed by atoms with Gasteiger partial charge in [0.15, 0.2) is 0 Å². The van der Waals surface area contributed by atoms with Crippen LogP contribution in [0.3, 0.4) is 0 Å². The average molecular weight is 480 g/mol. The van der Waals surface area contributed by atoms with Gasteiger partial charge in [-0.2, -0.15) is 0 Å². The van der Waals surface area contributed by atoms with E-state index in [0.29, 0.717) is 18.1 Å². The molecule has 0 radical (unpaired) electrons. The van der Waals surface area contributed by atoms with E-state index < -0.39 is 0 Å². The number of carbonyl (C=O) groups is 1. The fourth-order valence-corrected chi connectivity index (χ4v) is 3.58. The molecule has 0 unspecified atom stereocenters. The summed E-state index contributed by atoms with van der Waals surface area (Å²) in [5, 5.41) is 6.30. The lowest BCUT2D eigenvalue weighted by Gasteiger charge is -2.15. The molecule has 0 atom stereocenters. The molecule has 4 aromatic rings. The van der Waals surface area contributed by atoms with Gasteiger partial charge >= 0.3 is 0 Å². The van der Waals surface area contributed by atoms with E-state index in [2.05, 4.69) is 15.6 Å². The summed E-state index contributed by atoms with van der Waals surface area (Å²) in [6.45, 7) is 0.695. The number of hydrogen-bond acceptors (Lipinski definition) is 6. The molecule has 0 aliphatic carbocycles. The van der Waals surface area contributed by atoms with E-state index in [1.54, 1.807) is 6.20 Å². The van der Waals surface area contributed by atoms with Gasteiger partial charge in [0.1, 0.15) is 17.3 Å². The zero-order valence-electron chi connectivity index (χ0n) is 20.3. The second kappa shape index (κ2) is 11.7. The van der Waals surface area contributed by atoms with E-state index in [1.807, 2.05) is 110 Å². The van der Waals surface area contributed by atoms with Gasteiger partial charge in [0, 0.05) is 35.8 Å². The second-order valence-electron chi connectivity index (χ2n) is 8.42. The van der Waals surface area contributed by atoms with Gasteiger partial charge in [-0.3, -0.25) is 4.79 Å². The van der Waals surface area contributed by atoms with Gasteiger partial charge in [0.25, 0.3) is 0 Å². The molecule has 0 aliphatic rings. The minimum Gasteiger partial charge on any atom is -0.457 e. The van der Waals surface area contributed by atoms with Crippen LogP contribution in [-0.4, -0.2) is 36.4 Å². The number of aromatic nitrogens is 1. The molecule has 7 heteroatoms. The number of amides is 1. The molecule has 0 fully saturated rings. The monoisotopic (exact) mass is 479 g/mol. The summed E-state index contributed by atoms with van der Waals surface area (Å²) in [4.78, 5) is 18.5. The molecule has 0 saturated carbocycles. The van der Waals surface area contributed by atoms with Crippen LogP contribution in [-0.2, 0) is 4.79 Å². The molecule has 1 aromatic heterocycles. The number of nitrogens with one attached hydrogen (secondary N) is 2. The van der Waals surface area contributed by atoms with Crippen molar-refractivity contribution in [3.63, 3.8) is 0 Å². The summed E-state index contributed by atoms with van der Waals surface area (Å²) < 4.78 is 5.90. The predicted octanol–water partition coefficient (Wildman–Crippen LogP) is 5.92. The Kier molecular flexibility index (Phi) is 7.95. The number of pyridine rings is 1. The summed E-state index contributed by atoms with van der Waals surface area (Å²) in [5.74, 6) is 1.73. The maximum atomic E-state index is 12.2. The summed E-state index contributed by atoms with van der Waals surface area (Å²) >= 11 is 0. The molecule has 0 bridgehead atoms. The third-order valence-electron chi connectivity index (χ3n) is 5.25. The highest BCUT2D eigenvalue weighted by Crippen LogP contribution is 2.35. The normalized spacial score (nSPS) is 11.0. The van der Waals surface area contributed by atoms with E-state index in [-0.39, 0.29) is 5.91 Å². The van der Waals surface area contributed by atoms with Crippen molar-refractivity contribution in [2.24, 2.45) is 0 Å². The average Bonchev–Trinajstić information content (AvgIpc) is 2.86. The SMILES string of the molecule is CN(C)CC=CC(=O)Nc1cccc(Nc2ccnc(N)c2-c2ccc(Oc3ccccc3)cc2)c1. The van der Waals surface area contributed by atoms with Gasteiger partial charge in [-0.25, -0.2) is 4.98 Å². The number of benzene rings is 3. The molecule has 0 saturated heterocycles. The van der Waals surface area contributed by atoms with Crippen LogP contribution in [0, 0.1) is 0 Å². The molecule has 4 N–H and O–H groups in total. The number of nitrogen functional groups attached to an aromatic ring is 1. The second-order valence-corrected chi connectivity index (χ2v) is 8.42. The molecule has 3 aromatic carbocycles. The summed E-state index contributed by atoms with van der Waals surface area (Å²) in [7, 11) is 3.90. The summed E-state index contributed by atoms with van der Waals surface area (Å²) in [6.07, 6.45) is 5.02. The molecular formula is C29H29N5O2. The van der Waals surface area contributed by atoms with Crippen LogP contribution in [0.1, 0.15) is 0 Å². The zero-order valence-corrected chi connectivity index (χ0v) is 20.3. The van der Waals surface area contributed by atoms with Crippen LogP contribution < -0.4 is 21.1 Å². The highest BCUT2D eigenvalue weighted by molar-refractivity contribution is 5.99. The standard InChI is InChI=1S/C29H29N5O2/c1-34(2)19-7-12-27(35)33-23-9-6-8-22(20-23)32-26-17-18-31-29(30)28(26)21-13-15-25(16-14-21)36-24-10-4-3-5-11-24/h3-18,20H,19H2,1-2H3,(H,33,35)(H3,30,31,32). The van der Waals surface area contributed by atoms with Crippen molar-refractivity contribution in [3.05, 3.63) is 103 Å². The molecule has 0 spiro atoms. The van der Waals surface area contributed by atoms with E-state index in [4.69, 9.17) is 10.5 Å². The Morgan fingerprint density at radius 3 is 2.42 bits per heavy atom. The van der Waals surface area contributed by atoms with Crippen molar-refractivity contribution in [2.45, 2.75) is 0 Å². The highest BCUT2D eigenvalue weighted by Gasteiger charge is 2.12. The molecular weight excluding hydrogens is 450 g/mol. The Labute approximate surface area is 211 Å². The lowest BCUT2D eigenvalue weighted by molar-refractivity contribution is -0.111. The van der Waals surface area contributed by atoms with Gasteiger partial charge in [-0.15, -0.1) is 0 Å². The van der Waals surface area contributed by atoms with Crippen molar-refractivity contribution < 1.29 is 9.53 Å². The zero-order chi connectivity index (χ0) is 25.3. The number of hydrogen-bond donors (Lipinski definition) is 3. The number of anilines is 4. The molecule has 7 nitrogen and oxygen atoms in total. The van der Waals surface area contributed by atoms with Crippen molar-refractivity contribution in [2.75, 3.05) is 37.0 Å². The van der Waals surface area contributed by atoms with E-state index in [9.17, 15) is 4.79 Å². The van der Waals surface area contributed by atoms with Crippen LogP contribution in [0.4, 0.5) is 22.9 Å². The fourth-order valence-electron chi connectivity index (χ4n) is 3.58. The van der Waals surface area contributed by atoms with Gasteiger partial charge in [-0.05, 0) is 68.2 Å². The van der Waals surface area contributed by atoms with Crippen molar-refractivity contribution in [1.29, 1.82) is 0 Å². The van der Waals surface area contributed by atoms with Crippen LogP contribution in [0.15, 0.2) is 103 Å². The first-order chi connectivity index (χ1) is 17.5. The van der Waals surface area contributed by atoms with Crippen molar-refractivity contribution in [1.82, 2.24) is 9.88 Å². The molecule has 1 heterocycles. The Morgan fingerprint density at radius 2 is 1.67 bits per heavy atom. The van der Waals surface area contributed by atoms with E-state index >= 15 is 0 Å². The van der Waals surface area contributed by atoms with Crippen LogP contribution in [0.25, 0.3) is 11.1 Å². The number of nitrogens with two attached hydrogens (primary N) is 1. The van der Waals surface area contributed by atoms with Crippen LogP contribution in [0.5, 0.6) is 11.5 Å². The Morgan fingerprint density at radius 1 is 0.944 bits per heavy atom. The fraction of sp³-hybridized carbons (Fsp3) is 0.103. The van der Waals surface area contributed by atoms with Gasteiger partial charge in [0.2, 0.25) is 5.91 Å². The van der Waals surface area contributed by atoms with Crippen LogP contribution >= 0.6 is 0 Å². The molecule has 182 valence electrons. The van der Waals surface area contributed by atoms with Crippen LogP contribution in [0.2, 0.25) is 0 Å². The van der Waals surface area contributed by atoms with Crippen molar-refractivity contribution in [3.8, 4) is 22.6 Å².